The van der Waals surface area contributed by atoms with Crippen molar-refractivity contribution in [3.8, 4) is 0 Å². The second-order valence-electron chi connectivity index (χ2n) is 7.28. The Balaban J connectivity index is 1.62. The molecule has 172 valence electrons. The summed E-state index contributed by atoms with van der Waals surface area (Å²) in [6.45, 7) is 1.89. The van der Waals surface area contributed by atoms with Crippen molar-refractivity contribution in [3.05, 3.63) is 112 Å². The number of carbonyl (C=O) groups excluding carboxylic acids is 2. The quantitative estimate of drug-likeness (QED) is 0.199. The van der Waals surface area contributed by atoms with Crippen molar-refractivity contribution >= 4 is 46.6 Å². The minimum absolute atomic E-state index is 0.00468. The highest BCUT2D eigenvalue weighted by molar-refractivity contribution is 7.80. The van der Waals surface area contributed by atoms with Gasteiger partial charge in [0, 0.05) is 18.2 Å². The molecule has 0 aliphatic carbocycles. The highest BCUT2D eigenvalue weighted by Gasteiger charge is 2.15. The smallest absolute Gasteiger partial charge is 0.270 e. The molecule has 0 heterocycles. The molecular formula is C25H22N4O4S. The van der Waals surface area contributed by atoms with Crippen LogP contribution in [0.5, 0.6) is 0 Å². The first kappa shape index (κ1) is 24.3. The Kier molecular flexibility index (Phi) is 8.20. The van der Waals surface area contributed by atoms with E-state index in [0.717, 1.165) is 5.56 Å². The Labute approximate surface area is 201 Å². The lowest BCUT2D eigenvalue weighted by Crippen LogP contribution is -2.34. The summed E-state index contributed by atoms with van der Waals surface area (Å²) in [7, 11) is 0. The van der Waals surface area contributed by atoms with Gasteiger partial charge >= 0.3 is 0 Å². The summed E-state index contributed by atoms with van der Waals surface area (Å²) in [4.78, 5) is 35.4. The van der Waals surface area contributed by atoms with E-state index >= 15 is 0 Å². The molecule has 0 fully saturated rings. The molecule has 8 nitrogen and oxygen atoms in total. The van der Waals surface area contributed by atoms with Crippen LogP contribution >= 0.6 is 12.2 Å². The van der Waals surface area contributed by atoms with Crippen LogP contribution in [0.1, 0.15) is 34.5 Å². The Hall–Kier alpha value is -4.37. The van der Waals surface area contributed by atoms with Crippen LogP contribution in [0.4, 0.5) is 11.4 Å². The summed E-state index contributed by atoms with van der Waals surface area (Å²) >= 11 is 5.21. The van der Waals surface area contributed by atoms with E-state index in [-0.39, 0.29) is 22.7 Å². The Bertz CT molecular complexity index is 1240. The molecule has 1 atom stereocenters. The maximum absolute atomic E-state index is 12.8. The molecule has 0 aliphatic rings. The summed E-state index contributed by atoms with van der Waals surface area (Å²) in [6.07, 6.45) is 2.66. The third-order valence-corrected chi connectivity index (χ3v) is 5.02. The van der Waals surface area contributed by atoms with E-state index < -0.39 is 10.8 Å². The topological polar surface area (TPSA) is 113 Å². The molecule has 3 aromatic carbocycles. The van der Waals surface area contributed by atoms with Crippen molar-refractivity contribution in [1.82, 2.24) is 10.6 Å². The second kappa shape index (κ2) is 11.5. The number of nitro groups is 1. The van der Waals surface area contributed by atoms with Crippen LogP contribution in [0.2, 0.25) is 0 Å². The molecule has 0 aliphatic heterocycles. The molecular weight excluding hydrogens is 452 g/mol. The average molecular weight is 475 g/mol. The van der Waals surface area contributed by atoms with Crippen LogP contribution in [-0.2, 0) is 4.79 Å². The highest BCUT2D eigenvalue weighted by Crippen LogP contribution is 2.18. The number of non-ortho nitro benzene ring substituents is 1. The van der Waals surface area contributed by atoms with Crippen LogP contribution in [0.3, 0.4) is 0 Å². The number of rotatable bonds is 7. The fourth-order valence-electron chi connectivity index (χ4n) is 3.11. The number of carbonyl (C=O) groups is 2. The summed E-state index contributed by atoms with van der Waals surface area (Å²) in [5.41, 5.74) is 2.20. The molecule has 2 amide bonds. The monoisotopic (exact) mass is 474 g/mol. The van der Waals surface area contributed by atoms with Gasteiger partial charge in [0.2, 0.25) is 5.91 Å². The minimum Gasteiger partial charge on any atom is -0.345 e. The van der Waals surface area contributed by atoms with Crippen molar-refractivity contribution in [1.29, 1.82) is 0 Å². The Morgan fingerprint density at radius 2 is 1.71 bits per heavy atom. The van der Waals surface area contributed by atoms with Gasteiger partial charge in [0.1, 0.15) is 0 Å². The molecule has 0 saturated carbocycles. The maximum atomic E-state index is 12.8. The number of hydrogen-bond donors (Lipinski definition) is 3. The molecule has 0 bridgehead atoms. The number of anilines is 1. The number of hydrogen-bond acceptors (Lipinski definition) is 5. The zero-order valence-corrected chi connectivity index (χ0v) is 19.0. The highest BCUT2D eigenvalue weighted by atomic mass is 32.1. The van der Waals surface area contributed by atoms with Crippen molar-refractivity contribution < 1.29 is 14.5 Å². The van der Waals surface area contributed by atoms with Crippen LogP contribution in [0, 0.1) is 10.1 Å². The fraction of sp³-hybridized carbons (Fsp3) is 0.0800. The van der Waals surface area contributed by atoms with Crippen molar-refractivity contribution in [2.75, 3.05) is 5.32 Å². The predicted molar refractivity (Wildman–Crippen MR) is 135 cm³/mol. The summed E-state index contributed by atoms with van der Waals surface area (Å²) in [5, 5.41) is 19.2. The Morgan fingerprint density at radius 1 is 1.00 bits per heavy atom. The molecule has 9 heteroatoms. The van der Waals surface area contributed by atoms with Crippen molar-refractivity contribution in [3.63, 3.8) is 0 Å². The summed E-state index contributed by atoms with van der Waals surface area (Å²) < 4.78 is 0. The minimum atomic E-state index is -0.524. The molecule has 3 aromatic rings. The van der Waals surface area contributed by atoms with Gasteiger partial charge in [-0.25, -0.2) is 0 Å². The molecule has 3 N–H and O–H groups in total. The lowest BCUT2D eigenvalue weighted by atomic mass is 10.1. The second-order valence-corrected chi connectivity index (χ2v) is 7.69. The van der Waals surface area contributed by atoms with Gasteiger partial charge in [0.05, 0.1) is 22.2 Å². The summed E-state index contributed by atoms with van der Waals surface area (Å²) in [6, 6.07) is 22.1. The third-order valence-electron chi connectivity index (χ3n) is 4.81. The first-order valence-corrected chi connectivity index (χ1v) is 10.7. The van der Waals surface area contributed by atoms with Gasteiger partial charge in [0.15, 0.2) is 5.11 Å². The number of nitro benzene ring substituents is 1. The normalized spacial score (nSPS) is 11.4. The first-order chi connectivity index (χ1) is 16.3. The lowest BCUT2D eigenvalue weighted by molar-refractivity contribution is -0.384. The number of amides is 2. The molecule has 0 spiro atoms. The first-order valence-electron chi connectivity index (χ1n) is 10.3. The standard InChI is InChI=1S/C25H22N4O4S/c1-17(19-9-3-2-4-10-19)26-24(31)21-12-5-6-13-22(21)27-25(34)28-23(30)15-14-18-8-7-11-20(16-18)29(32)33/h2-17H,1H3,(H,26,31)(H2,27,28,30,34)/b15-14+. The van der Waals surface area contributed by atoms with Crippen LogP contribution in [0.15, 0.2) is 84.9 Å². The largest absolute Gasteiger partial charge is 0.345 e. The number of para-hydroxylation sites is 1. The van der Waals surface area contributed by atoms with Gasteiger partial charge in [-0.3, -0.25) is 25.0 Å². The average Bonchev–Trinajstić information content (AvgIpc) is 2.83. The van der Waals surface area contributed by atoms with E-state index in [1.165, 1.54) is 30.4 Å². The van der Waals surface area contributed by atoms with E-state index in [4.69, 9.17) is 12.2 Å². The molecule has 1 unspecified atom stereocenters. The van der Waals surface area contributed by atoms with Crippen LogP contribution < -0.4 is 16.0 Å². The van der Waals surface area contributed by atoms with E-state index in [1.807, 2.05) is 37.3 Å². The fourth-order valence-corrected chi connectivity index (χ4v) is 3.32. The molecule has 0 aromatic heterocycles. The molecule has 3 rings (SSSR count). The number of nitrogens with zero attached hydrogens (tertiary/aromatic N) is 1. The number of benzene rings is 3. The molecule has 34 heavy (non-hydrogen) atoms. The van der Waals surface area contributed by atoms with Gasteiger partial charge in [-0.1, -0.05) is 54.6 Å². The maximum Gasteiger partial charge on any atom is 0.270 e. The van der Waals surface area contributed by atoms with E-state index in [9.17, 15) is 19.7 Å². The number of nitrogens with one attached hydrogen (secondary N) is 3. The van der Waals surface area contributed by atoms with Gasteiger partial charge in [-0.05, 0) is 48.5 Å². The van der Waals surface area contributed by atoms with Gasteiger partial charge in [0.25, 0.3) is 11.6 Å². The van der Waals surface area contributed by atoms with Gasteiger partial charge in [-0.15, -0.1) is 0 Å². The van der Waals surface area contributed by atoms with Gasteiger partial charge in [-0.2, -0.15) is 0 Å². The Morgan fingerprint density at radius 3 is 2.44 bits per heavy atom. The van der Waals surface area contributed by atoms with E-state index in [1.54, 1.807) is 30.3 Å². The third kappa shape index (κ3) is 6.81. The number of thiocarbonyl (C=S) groups is 1. The van der Waals surface area contributed by atoms with Gasteiger partial charge < -0.3 is 10.6 Å². The van der Waals surface area contributed by atoms with Crippen molar-refractivity contribution in [2.45, 2.75) is 13.0 Å². The molecule has 0 radical (unpaired) electrons. The lowest BCUT2D eigenvalue weighted by Gasteiger charge is -2.17. The van der Waals surface area contributed by atoms with E-state index in [2.05, 4.69) is 16.0 Å². The van der Waals surface area contributed by atoms with Crippen LogP contribution in [-0.4, -0.2) is 21.9 Å². The zero-order chi connectivity index (χ0) is 24.5. The summed E-state index contributed by atoms with van der Waals surface area (Å²) in [5.74, 6) is -0.817. The zero-order valence-electron chi connectivity index (χ0n) is 18.2. The molecule has 0 saturated heterocycles. The SMILES string of the molecule is CC(NC(=O)c1ccccc1NC(=S)NC(=O)/C=C/c1cccc([N+](=O)[O-])c1)c1ccccc1. The van der Waals surface area contributed by atoms with Crippen LogP contribution in [0.25, 0.3) is 6.08 Å². The van der Waals surface area contributed by atoms with E-state index in [0.29, 0.717) is 16.8 Å². The van der Waals surface area contributed by atoms with Crippen molar-refractivity contribution in [2.24, 2.45) is 0 Å². The predicted octanol–water partition coefficient (Wildman–Crippen LogP) is 4.61.